The van der Waals surface area contributed by atoms with E-state index >= 15 is 0 Å². The van der Waals surface area contributed by atoms with Crippen LogP contribution in [0.2, 0.25) is 0 Å². The van der Waals surface area contributed by atoms with Gasteiger partial charge in [-0.1, -0.05) is 31.5 Å². The van der Waals surface area contributed by atoms with Crippen LogP contribution < -0.4 is 26.8 Å². The molecule has 3 rings (SSSR count). The van der Waals surface area contributed by atoms with Crippen molar-refractivity contribution in [2.75, 3.05) is 29.1 Å². The fraction of sp³-hybridized carbons (Fsp3) is 0.450. The molecule has 1 aliphatic heterocycles. The van der Waals surface area contributed by atoms with Crippen molar-refractivity contribution in [1.29, 1.82) is 0 Å². The smallest absolute Gasteiger partial charge is 0.330 e. The molecule has 0 bridgehead atoms. The Labute approximate surface area is 163 Å². The predicted molar refractivity (Wildman–Crippen MR) is 111 cm³/mol. The summed E-state index contributed by atoms with van der Waals surface area (Å²) in [4.78, 5) is 43.1. The van der Waals surface area contributed by atoms with E-state index in [1.54, 1.807) is 11.9 Å². The van der Waals surface area contributed by atoms with Crippen LogP contribution in [0.25, 0.3) is 0 Å². The van der Waals surface area contributed by atoms with E-state index in [-0.39, 0.29) is 30.0 Å². The average Bonchev–Trinajstić information content (AvgIpc) is 2.96. The van der Waals surface area contributed by atoms with Crippen molar-refractivity contribution in [3.05, 3.63) is 50.7 Å². The number of carbonyl (C=O) groups excluding carboxylic acids is 1. The molecule has 0 saturated carbocycles. The minimum absolute atomic E-state index is 0.0159. The second kappa shape index (κ2) is 7.92. The molecule has 0 aliphatic carbocycles. The molecule has 8 heteroatoms. The van der Waals surface area contributed by atoms with E-state index in [0.717, 1.165) is 30.5 Å². The highest BCUT2D eigenvalue weighted by atomic mass is 16.2. The SMILES string of the molecule is CCCCn1c(N)c(N(C)CC(=O)N2c3ccccc3CC2C)c(=O)[nH]c1=O. The Bertz CT molecular complexity index is 994. The van der Waals surface area contributed by atoms with Gasteiger partial charge in [-0.15, -0.1) is 0 Å². The van der Waals surface area contributed by atoms with Gasteiger partial charge in [-0.25, -0.2) is 4.79 Å². The molecule has 0 radical (unpaired) electrons. The number of H-pyrrole nitrogens is 1. The molecule has 8 nitrogen and oxygen atoms in total. The Morgan fingerprint density at radius 3 is 2.75 bits per heavy atom. The summed E-state index contributed by atoms with van der Waals surface area (Å²) in [6, 6.07) is 7.88. The number of hydrogen-bond donors (Lipinski definition) is 2. The first-order chi connectivity index (χ1) is 13.3. The molecule has 28 heavy (non-hydrogen) atoms. The van der Waals surface area contributed by atoms with E-state index in [4.69, 9.17) is 5.73 Å². The van der Waals surface area contributed by atoms with E-state index in [1.165, 1.54) is 9.47 Å². The van der Waals surface area contributed by atoms with Gasteiger partial charge in [-0.05, 0) is 31.4 Å². The second-order valence-corrected chi connectivity index (χ2v) is 7.30. The van der Waals surface area contributed by atoms with Gasteiger partial charge in [0.15, 0.2) is 0 Å². The standard InChI is InChI=1S/C20H27N5O3/c1-4-5-10-24-18(21)17(19(27)22-20(24)28)23(3)12-16(26)25-13(2)11-14-8-6-7-9-15(14)25/h6-9,13H,4-5,10-12,21H2,1-3H3,(H,22,27,28). The Morgan fingerprint density at radius 2 is 2.04 bits per heavy atom. The lowest BCUT2D eigenvalue weighted by molar-refractivity contribution is -0.117. The molecule has 1 amide bonds. The van der Waals surface area contributed by atoms with Gasteiger partial charge in [0.2, 0.25) is 5.91 Å². The average molecular weight is 385 g/mol. The molecule has 1 unspecified atom stereocenters. The Morgan fingerprint density at radius 1 is 1.32 bits per heavy atom. The topological polar surface area (TPSA) is 104 Å². The summed E-state index contributed by atoms with van der Waals surface area (Å²) in [7, 11) is 1.64. The van der Waals surface area contributed by atoms with Gasteiger partial charge >= 0.3 is 5.69 Å². The third-order valence-electron chi connectivity index (χ3n) is 5.18. The van der Waals surface area contributed by atoms with E-state index in [9.17, 15) is 14.4 Å². The number of nitrogen functional groups attached to an aromatic ring is 1. The van der Waals surface area contributed by atoms with Crippen LogP contribution in [0, 0.1) is 0 Å². The molecule has 150 valence electrons. The lowest BCUT2D eigenvalue weighted by atomic mass is 10.1. The fourth-order valence-corrected chi connectivity index (χ4v) is 3.79. The van der Waals surface area contributed by atoms with Crippen molar-refractivity contribution >= 4 is 23.1 Å². The summed E-state index contributed by atoms with van der Waals surface area (Å²) < 4.78 is 1.36. The zero-order chi connectivity index (χ0) is 20.4. The van der Waals surface area contributed by atoms with Crippen molar-refractivity contribution in [2.45, 2.75) is 45.7 Å². The number of fused-ring (bicyclic) bond motifs is 1. The van der Waals surface area contributed by atoms with Crippen LogP contribution in [0.4, 0.5) is 17.2 Å². The van der Waals surface area contributed by atoms with Crippen LogP contribution >= 0.6 is 0 Å². The van der Waals surface area contributed by atoms with Crippen molar-refractivity contribution in [2.24, 2.45) is 0 Å². The van der Waals surface area contributed by atoms with E-state index < -0.39 is 11.2 Å². The van der Waals surface area contributed by atoms with Crippen molar-refractivity contribution in [3.8, 4) is 0 Å². The summed E-state index contributed by atoms with van der Waals surface area (Å²) in [6.07, 6.45) is 2.46. The van der Waals surface area contributed by atoms with Crippen molar-refractivity contribution in [3.63, 3.8) is 0 Å². The number of anilines is 3. The minimum Gasteiger partial charge on any atom is -0.383 e. The van der Waals surface area contributed by atoms with Gasteiger partial charge in [0.05, 0.1) is 6.54 Å². The first-order valence-electron chi connectivity index (χ1n) is 9.58. The molecule has 1 aromatic heterocycles. The Balaban J connectivity index is 1.87. The van der Waals surface area contributed by atoms with Gasteiger partial charge in [0.25, 0.3) is 5.56 Å². The number of nitrogens with one attached hydrogen (secondary N) is 1. The Kier molecular flexibility index (Phi) is 5.58. The number of aromatic amines is 1. The van der Waals surface area contributed by atoms with Crippen LogP contribution in [0.1, 0.15) is 32.3 Å². The van der Waals surface area contributed by atoms with Gasteiger partial charge in [-0.3, -0.25) is 19.1 Å². The second-order valence-electron chi connectivity index (χ2n) is 7.30. The molecule has 0 spiro atoms. The van der Waals surface area contributed by atoms with Gasteiger partial charge in [0.1, 0.15) is 11.5 Å². The monoisotopic (exact) mass is 385 g/mol. The number of benzene rings is 1. The third-order valence-corrected chi connectivity index (χ3v) is 5.18. The van der Waals surface area contributed by atoms with Crippen LogP contribution in [0.15, 0.2) is 33.9 Å². The predicted octanol–water partition coefficient (Wildman–Crippen LogP) is 1.33. The van der Waals surface area contributed by atoms with E-state index in [1.807, 2.05) is 38.1 Å². The summed E-state index contributed by atoms with van der Waals surface area (Å²) in [6.45, 7) is 4.42. The first-order valence-corrected chi connectivity index (χ1v) is 9.58. The van der Waals surface area contributed by atoms with Crippen LogP contribution in [0.3, 0.4) is 0 Å². The zero-order valence-electron chi connectivity index (χ0n) is 16.6. The number of likely N-dealkylation sites (N-methyl/N-ethyl adjacent to an activating group) is 1. The van der Waals surface area contributed by atoms with Gasteiger partial charge in [0, 0.05) is 25.3 Å². The van der Waals surface area contributed by atoms with Crippen molar-refractivity contribution in [1.82, 2.24) is 9.55 Å². The molecule has 2 heterocycles. The van der Waals surface area contributed by atoms with Gasteiger partial charge < -0.3 is 15.5 Å². The Hall–Kier alpha value is -3.03. The molecule has 1 aromatic carbocycles. The first kappa shape index (κ1) is 19.7. The third kappa shape index (κ3) is 3.54. The number of rotatable bonds is 6. The van der Waals surface area contributed by atoms with Crippen LogP contribution in [-0.2, 0) is 17.8 Å². The minimum atomic E-state index is -0.583. The number of nitrogens with two attached hydrogens (primary N) is 1. The summed E-state index contributed by atoms with van der Waals surface area (Å²) in [5.41, 5.74) is 7.21. The lowest BCUT2D eigenvalue weighted by Gasteiger charge is -2.27. The number of unbranched alkanes of at least 4 members (excludes halogenated alkanes) is 1. The fourth-order valence-electron chi connectivity index (χ4n) is 3.79. The number of nitrogens with zero attached hydrogens (tertiary/aromatic N) is 3. The van der Waals surface area contributed by atoms with Gasteiger partial charge in [-0.2, -0.15) is 0 Å². The molecule has 1 aliphatic rings. The number of hydrogen-bond acceptors (Lipinski definition) is 5. The highest BCUT2D eigenvalue weighted by Crippen LogP contribution is 2.32. The number of para-hydroxylation sites is 1. The molecular formula is C20H27N5O3. The summed E-state index contributed by atoms with van der Waals surface area (Å²) >= 11 is 0. The van der Waals surface area contributed by atoms with Crippen LogP contribution in [0.5, 0.6) is 0 Å². The quantitative estimate of drug-likeness (QED) is 0.781. The maximum Gasteiger partial charge on any atom is 0.330 e. The molecule has 1 atom stereocenters. The molecular weight excluding hydrogens is 358 g/mol. The number of carbonyl (C=O) groups is 1. The largest absolute Gasteiger partial charge is 0.383 e. The molecule has 0 saturated heterocycles. The van der Waals surface area contributed by atoms with Crippen LogP contribution in [-0.4, -0.2) is 35.1 Å². The highest BCUT2D eigenvalue weighted by Gasteiger charge is 2.31. The molecule has 0 fully saturated rings. The van der Waals surface area contributed by atoms with E-state index in [0.29, 0.717) is 6.54 Å². The lowest BCUT2D eigenvalue weighted by Crippen LogP contribution is -2.44. The highest BCUT2D eigenvalue weighted by molar-refractivity contribution is 5.99. The van der Waals surface area contributed by atoms with E-state index in [2.05, 4.69) is 4.98 Å². The number of amides is 1. The summed E-state index contributed by atoms with van der Waals surface area (Å²) in [5, 5.41) is 0. The maximum atomic E-state index is 13.0. The summed E-state index contributed by atoms with van der Waals surface area (Å²) in [5.74, 6) is -0.0302. The van der Waals surface area contributed by atoms with Crippen molar-refractivity contribution < 1.29 is 4.79 Å². The normalized spacial score (nSPS) is 15.5. The zero-order valence-corrected chi connectivity index (χ0v) is 16.6. The molecule has 3 N–H and O–H groups in total. The maximum absolute atomic E-state index is 13.0. The number of aromatic nitrogens is 2. The molecule has 2 aromatic rings.